The van der Waals surface area contributed by atoms with Gasteiger partial charge in [0.2, 0.25) is 0 Å². The summed E-state index contributed by atoms with van der Waals surface area (Å²) in [7, 11) is 1.27. The van der Waals surface area contributed by atoms with E-state index in [9.17, 15) is 9.59 Å². The van der Waals surface area contributed by atoms with Crippen LogP contribution in [0.15, 0.2) is 60.7 Å². The van der Waals surface area contributed by atoms with Crippen molar-refractivity contribution in [3.05, 3.63) is 77.5 Å². The highest BCUT2D eigenvalue weighted by atomic mass is 16.5. The number of ether oxygens (including phenoxy) is 1. The van der Waals surface area contributed by atoms with E-state index in [1.165, 1.54) is 7.11 Å². The number of carbonyl (C=O) groups is 2. The van der Waals surface area contributed by atoms with Crippen LogP contribution in [0.2, 0.25) is 0 Å². The molecule has 2 aromatic carbocycles. The van der Waals surface area contributed by atoms with E-state index in [-0.39, 0.29) is 12.1 Å². The van der Waals surface area contributed by atoms with E-state index in [4.69, 9.17) is 10.00 Å². The van der Waals surface area contributed by atoms with Crippen LogP contribution < -0.4 is 5.32 Å². The molecule has 1 heterocycles. The third kappa shape index (κ3) is 4.28. The van der Waals surface area contributed by atoms with E-state index in [0.717, 1.165) is 10.9 Å². The lowest BCUT2D eigenvalue weighted by Crippen LogP contribution is -2.43. The van der Waals surface area contributed by atoms with Gasteiger partial charge in [0, 0.05) is 11.8 Å². The van der Waals surface area contributed by atoms with Crippen LogP contribution in [-0.2, 0) is 16.0 Å². The fourth-order valence-corrected chi connectivity index (χ4v) is 2.76. The summed E-state index contributed by atoms with van der Waals surface area (Å²) in [5.41, 5.74) is 2.14. The molecule has 0 bridgehead atoms. The van der Waals surface area contributed by atoms with Crippen molar-refractivity contribution in [2.24, 2.45) is 0 Å². The number of nitriles is 1. The molecule has 0 spiro atoms. The molecule has 3 aromatic rings. The van der Waals surface area contributed by atoms with E-state index in [1.54, 1.807) is 36.4 Å². The van der Waals surface area contributed by atoms with Crippen LogP contribution >= 0.6 is 0 Å². The second-order valence-corrected chi connectivity index (χ2v) is 5.95. The second kappa shape index (κ2) is 8.11. The number of pyridine rings is 1. The summed E-state index contributed by atoms with van der Waals surface area (Å²) >= 11 is 0. The van der Waals surface area contributed by atoms with E-state index < -0.39 is 17.9 Å². The van der Waals surface area contributed by atoms with Gasteiger partial charge in [-0.2, -0.15) is 5.26 Å². The molecule has 6 nitrogen and oxygen atoms in total. The molecule has 0 radical (unpaired) electrons. The largest absolute Gasteiger partial charge is 0.467 e. The SMILES string of the molecule is COC(=O)[C@@H](Cc1cccc(C#N)c1)NC(=O)c1ccc2ccccc2n1. The Morgan fingerprint density at radius 3 is 2.74 bits per heavy atom. The molecule has 134 valence electrons. The Bertz CT molecular complexity index is 1040. The van der Waals surface area contributed by atoms with Gasteiger partial charge >= 0.3 is 5.97 Å². The van der Waals surface area contributed by atoms with Crippen LogP contribution in [-0.4, -0.2) is 30.0 Å². The van der Waals surface area contributed by atoms with E-state index in [1.807, 2.05) is 24.3 Å². The smallest absolute Gasteiger partial charge is 0.328 e. The summed E-state index contributed by atoms with van der Waals surface area (Å²) in [5, 5.41) is 12.6. The average molecular weight is 359 g/mol. The average Bonchev–Trinajstić information content (AvgIpc) is 2.72. The fourth-order valence-electron chi connectivity index (χ4n) is 2.76. The molecule has 6 heteroatoms. The molecular formula is C21H17N3O3. The Balaban J connectivity index is 1.81. The number of amides is 1. The summed E-state index contributed by atoms with van der Waals surface area (Å²) < 4.78 is 4.81. The van der Waals surface area contributed by atoms with Crippen molar-refractivity contribution in [1.82, 2.24) is 10.3 Å². The van der Waals surface area contributed by atoms with Gasteiger partial charge in [0.25, 0.3) is 5.91 Å². The van der Waals surface area contributed by atoms with Gasteiger partial charge in [-0.25, -0.2) is 9.78 Å². The highest BCUT2D eigenvalue weighted by Crippen LogP contribution is 2.13. The Morgan fingerprint density at radius 1 is 1.15 bits per heavy atom. The summed E-state index contributed by atoms with van der Waals surface area (Å²) in [4.78, 5) is 29.1. The normalized spacial score (nSPS) is 11.4. The predicted octanol–water partition coefficient (Wildman–Crippen LogP) is 2.62. The van der Waals surface area contributed by atoms with E-state index in [0.29, 0.717) is 11.1 Å². The monoisotopic (exact) mass is 359 g/mol. The molecule has 1 amide bonds. The Labute approximate surface area is 156 Å². The number of hydrogen-bond acceptors (Lipinski definition) is 5. The van der Waals surface area contributed by atoms with Crippen molar-refractivity contribution in [3.63, 3.8) is 0 Å². The first-order chi connectivity index (χ1) is 13.1. The van der Waals surface area contributed by atoms with Crippen LogP contribution in [0.25, 0.3) is 10.9 Å². The quantitative estimate of drug-likeness (QED) is 0.707. The zero-order chi connectivity index (χ0) is 19.2. The zero-order valence-corrected chi connectivity index (χ0v) is 14.7. The first-order valence-electron chi connectivity index (χ1n) is 8.34. The standard InChI is InChI=1S/C21H17N3O3/c1-27-21(26)19(12-14-5-4-6-15(11-14)13-22)24-20(25)18-10-9-16-7-2-3-8-17(16)23-18/h2-11,19H,12H2,1H3,(H,24,25)/t19-/m1/s1. The highest BCUT2D eigenvalue weighted by molar-refractivity contribution is 5.97. The number of para-hydroxylation sites is 1. The third-order valence-electron chi connectivity index (χ3n) is 4.12. The van der Waals surface area contributed by atoms with Crippen LogP contribution in [0.4, 0.5) is 0 Å². The molecule has 0 aliphatic rings. The zero-order valence-electron chi connectivity index (χ0n) is 14.7. The Kier molecular flexibility index (Phi) is 5.43. The van der Waals surface area contributed by atoms with Gasteiger partial charge in [-0.3, -0.25) is 4.79 Å². The molecule has 0 fully saturated rings. The number of nitrogens with zero attached hydrogens (tertiary/aromatic N) is 2. The molecule has 0 aliphatic heterocycles. The van der Waals surface area contributed by atoms with Crippen LogP contribution in [0.3, 0.4) is 0 Å². The summed E-state index contributed by atoms with van der Waals surface area (Å²) in [6.45, 7) is 0. The summed E-state index contributed by atoms with van der Waals surface area (Å²) in [5.74, 6) is -1.03. The topological polar surface area (TPSA) is 92.1 Å². The lowest BCUT2D eigenvalue weighted by atomic mass is 10.0. The van der Waals surface area contributed by atoms with Crippen molar-refractivity contribution in [2.75, 3.05) is 7.11 Å². The summed E-state index contributed by atoms with van der Waals surface area (Å²) in [6.07, 6.45) is 0.210. The number of carbonyl (C=O) groups excluding carboxylic acids is 2. The Hall–Kier alpha value is -3.72. The number of fused-ring (bicyclic) bond motifs is 1. The number of esters is 1. The van der Waals surface area contributed by atoms with Crippen molar-refractivity contribution in [1.29, 1.82) is 5.26 Å². The first-order valence-corrected chi connectivity index (χ1v) is 8.34. The lowest BCUT2D eigenvalue weighted by molar-refractivity contribution is -0.142. The maximum absolute atomic E-state index is 12.6. The maximum Gasteiger partial charge on any atom is 0.328 e. The number of hydrogen-bond donors (Lipinski definition) is 1. The molecule has 3 rings (SSSR count). The molecule has 1 N–H and O–H groups in total. The second-order valence-electron chi connectivity index (χ2n) is 5.95. The van der Waals surface area contributed by atoms with Crippen molar-refractivity contribution >= 4 is 22.8 Å². The van der Waals surface area contributed by atoms with E-state index in [2.05, 4.69) is 16.4 Å². The van der Waals surface area contributed by atoms with Crippen LogP contribution in [0.5, 0.6) is 0 Å². The Morgan fingerprint density at radius 2 is 1.96 bits per heavy atom. The minimum Gasteiger partial charge on any atom is -0.467 e. The molecule has 0 aliphatic carbocycles. The van der Waals surface area contributed by atoms with E-state index >= 15 is 0 Å². The van der Waals surface area contributed by atoms with Gasteiger partial charge in [-0.05, 0) is 29.8 Å². The van der Waals surface area contributed by atoms with Crippen molar-refractivity contribution in [2.45, 2.75) is 12.5 Å². The molecule has 0 saturated heterocycles. The molecule has 1 atom stereocenters. The number of nitrogens with one attached hydrogen (secondary N) is 1. The van der Waals surface area contributed by atoms with Gasteiger partial charge in [0.15, 0.2) is 0 Å². The van der Waals surface area contributed by atoms with Crippen molar-refractivity contribution < 1.29 is 14.3 Å². The van der Waals surface area contributed by atoms with Gasteiger partial charge in [0.05, 0.1) is 24.3 Å². The molecule has 27 heavy (non-hydrogen) atoms. The molecule has 1 aromatic heterocycles. The van der Waals surface area contributed by atoms with Crippen molar-refractivity contribution in [3.8, 4) is 6.07 Å². The predicted molar refractivity (Wildman–Crippen MR) is 99.9 cm³/mol. The number of rotatable bonds is 5. The maximum atomic E-state index is 12.6. The number of methoxy groups -OCH3 is 1. The van der Waals surface area contributed by atoms with Gasteiger partial charge in [-0.1, -0.05) is 36.4 Å². The molecular weight excluding hydrogens is 342 g/mol. The highest BCUT2D eigenvalue weighted by Gasteiger charge is 2.23. The summed E-state index contributed by atoms with van der Waals surface area (Å²) in [6, 6.07) is 18.9. The first kappa shape index (κ1) is 18.1. The third-order valence-corrected chi connectivity index (χ3v) is 4.12. The van der Waals surface area contributed by atoms with Gasteiger partial charge < -0.3 is 10.1 Å². The number of benzene rings is 2. The van der Waals surface area contributed by atoms with Crippen LogP contribution in [0.1, 0.15) is 21.6 Å². The minimum atomic E-state index is -0.885. The minimum absolute atomic E-state index is 0.210. The van der Waals surface area contributed by atoms with Crippen LogP contribution in [0, 0.1) is 11.3 Å². The van der Waals surface area contributed by atoms with Gasteiger partial charge in [0.1, 0.15) is 11.7 Å². The fraction of sp³-hybridized carbons (Fsp3) is 0.143. The van der Waals surface area contributed by atoms with Gasteiger partial charge in [-0.15, -0.1) is 0 Å². The number of aromatic nitrogens is 1. The molecule has 0 saturated carbocycles. The molecule has 0 unspecified atom stereocenters. The lowest BCUT2D eigenvalue weighted by Gasteiger charge is -2.16.